The first-order chi connectivity index (χ1) is 8.47. The van der Waals surface area contributed by atoms with Gasteiger partial charge in [0.15, 0.2) is 0 Å². The first-order valence-corrected chi connectivity index (χ1v) is 7.88. The summed E-state index contributed by atoms with van der Waals surface area (Å²) in [5, 5.41) is 3.80. The van der Waals surface area contributed by atoms with Crippen molar-refractivity contribution in [2.75, 3.05) is 20.6 Å². The Morgan fingerprint density at radius 2 is 1.56 bits per heavy atom. The lowest BCUT2D eigenvalue weighted by Crippen LogP contribution is -2.45. The Kier molecular flexibility index (Phi) is 10.8. The molecule has 0 rings (SSSR count). The second-order valence-corrected chi connectivity index (χ2v) is 6.38. The zero-order valence-corrected chi connectivity index (χ0v) is 13.6. The van der Waals surface area contributed by atoms with Crippen LogP contribution in [0.25, 0.3) is 0 Å². The first-order valence-electron chi connectivity index (χ1n) is 7.88. The van der Waals surface area contributed by atoms with Crippen LogP contribution in [0, 0.1) is 5.92 Å². The molecule has 0 bridgehead atoms. The molecule has 0 heterocycles. The van der Waals surface area contributed by atoms with Crippen LogP contribution >= 0.6 is 0 Å². The zero-order chi connectivity index (χ0) is 14.0. The van der Waals surface area contributed by atoms with Crippen molar-refractivity contribution in [3.8, 4) is 0 Å². The molecule has 0 aliphatic carbocycles. The Hall–Kier alpha value is -0.0800. The van der Waals surface area contributed by atoms with E-state index in [4.69, 9.17) is 0 Å². The van der Waals surface area contributed by atoms with E-state index in [0.717, 1.165) is 6.54 Å². The Morgan fingerprint density at radius 3 is 2.06 bits per heavy atom. The molecule has 0 amide bonds. The molecule has 0 aliphatic rings. The monoisotopic (exact) mass is 256 g/mol. The largest absolute Gasteiger partial charge is 0.310 e. The maximum absolute atomic E-state index is 3.80. The van der Waals surface area contributed by atoms with Gasteiger partial charge in [0.05, 0.1) is 0 Å². The predicted molar refractivity (Wildman–Crippen MR) is 83.2 cm³/mol. The summed E-state index contributed by atoms with van der Waals surface area (Å²) in [7, 11) is 4.32. The fourth-order valence-electron chi connectivity index (χ4n) is 2.35. The van der Waals surface area contributed by atoms with Gasteiger partial charge >= 0.3 is 0 Å². The van der Waals surface area contributed by atoms with E-state index in [2.05, 4.69) is 52.0 Å². The Morgan fingerprint density at radius 1 is 0.944 bits per heavy atom. The van der Waals surface area contributed by atoms with E-state index in [9.17, 15) is 0 Å². The highest BCUT2D eigenvalue weighted by Crippen LogP contribution is 2.10. The topological polar surface area (TPSA) is 15.3 Å². The number of rotatable bonds is 11. The molecule has 110 valence electrons. The molecule has 0 aromatic rings. The third-order valence-corrected chi connectivity index (χ3v) is 3.61. The standard InChI is InChI=1S/C16H36N2/c1-7-8-9-10-11-12-15(4)17-16(14(2)3)13-18(5)6/h14-17H,7-13H2,1-6H3. The number of hydrogen-bond acceptors (Lipinski definition) is 2. The van der Waals surface area contributed by atoms with Crippen LogP contribution in [-0.2, 0) is 0 Å². The molecule has 2 unspecified atom stereocenters. The first kappa shape index (κ1) is 17.9. The second-order valence-electron chi connectivity index (χ2n) is 6.38. The predicted octanol–water partition coefficient (Wildman–Crippen LogP) is 3.91. The summed E-state index contributed by atoms with van der Waals surface area (Å²) in [6, 6.07) is 1.27. The average molecular weight is 256 g/mol. The molecule has 0 saturated carbocycles. The zero-order valence-electron chi connectivity index (χ0n) is 13.6. The van der Waals surface area contributed by atoms with Crippen molar-refractivity contribution in [2.45, 2.75) is 78.3 Å². The van der Waals surface area contributed by atoms with Crippen molar-refractivity contribution < 1.29 is 0 Å². The molecule has 0 aliphatic heterocycles. The maximum atomic E-state index is 3.80. The quantitative estimate of drug-likeness (QED) is 0.564. The number of unbranched alkanes of at least 4 members (excludes halogenated alkanes) is 4. The SMILES string of the molecule is CCCCCCCC(C)NC(CN(C)C)C(C)C. The summed E-state index contributed by atoms with van der Waals surface area (Å²) < 4.78 is 0. The van der Waals surface area contributed by atoms with E-state index < -0.39 is 0 Å². The van der Waals surface area contributed by atoms with E-state index in [-0.39, 0.29) is 0 Å². The van der Waals surface area contributed by atoms with Crippen molar-refractivity contribution in [1.29, 1.82) is 0 Å². The summed E-state index contributed by atoms with van der Waals surface area (Å²) in [6.45, 7) is 10.4. The summed E-state index contributed by atoms with van der Waals surface area (Å²) in [5.74, 6) is 0.704. The van der Waals surface area contributed by atoms with Crippen molar-refractivity contribution in [2.24, 2.45) is 5.92 Å². The van der Waals surface area contributed by atoms with Crippen molar-refractivity contribution >= 4 is 0 Å². The molecule has 0 radical (unpaired) electrons. The minimum Gasteiger partial charge on any atom is -0.310 e. The van der Waals surface area contributed by atoms with Gasteiger partial charge < -0.3 is 10.2 Å². The highest BCUT2D eigenvalue weighted by molar-refractivity contribution is 4.76. The van der Waals surface area contributed by atoms with Crippen LogP contribution in [0.1, 0.15) is 66.2 Å². The molecule has 0 fully saturated rings. The lowest BCUT2D eigenvalue weighted by Gasteiger charge is -2.29. The van der Waals surface area contributed by atoms with E-state index >= 15 is 0 Å². The maximum Gasteiger partial charge on any atom is 0.0220 e. The molecule has 1 N–H and O–H groups in total. The van der Waals surface area contributed by atoms with Crippen LogP contribution in [0.5, 0.6) is 0 Å². The van der Waals surface area contributed by atoms with Crippen LogP contribution < -0.4 is 5.32 Å². The van der Waals surface area contributed by atoms with Gasteiger partial charge in [-0.25, -0.2) is 0 Å². The summed E-state index contributed by atoms with van der Waals surface area (Å²) >= 11 is 0. The van der Waals surface area contributed by atoms with Gasteiger partial charge in [0.2, 0.25) is 0 Å². The minimum absolute atomic E-state index is 0.616. The second kappa shape index (κ2) is 10.8. The number of nitrogens with zero attached hydrogens (tertiary/aromatic N) is 1. The van der Waals surface area contributed by atoms with Gasteiger partial charge in [-0.3, -0.25) is 0 Å². The molecule has 0 spiro atoms. The lowest BCUT2D eigenvalue weighted by atomic mass is 10.0. The molecular formula is C16H36N2. The Bertz CT molecular complexity index is 178. The Labute approximate surface area is 116 Å². The number of likely N-dealkylation sites (N-methyl/N-ethyl adjacent to an activating group) is 1. The fraction of sp³-hybridized carbons (Fsp3) is 1.00. The van der Waals surface area contributed by atoms with Gasteiger partial charge in [0, 0.05) is 18.6 Å². The van der Waals surface area contributed by atoms with Gasteiger partial charge in [-0.2, -0.15) is 0 Å². The van der Waals surface area contributed by atoms with Crippen molar-refractivity contribution in [1.82, 2.24) is 10.2 Å². The van der Waals surface area contributed by atoms with Crippen LogP contribution in [-0.4, -0.2) is 37.6 Å². The van der Waals surface area contributed by atoms with Crippen molar-refractivity contribution in [3.63, 3.8) is 0 Å². The van der Waals surface area contributed by atoms with Gasteiger partial charge in [-0.1, -0.05) is 52.9 Å². The highest BCUT2D eigenvalue weighted by Gasteiger charge is 2.16. The van der Waals surface area contributed by atoms with Gasteiger partial charge in [0.25, 0.3) is 0 Å². The summed E-state index contributed by atoms with van der Waals surface area (Å²) in [5.41, 5.74) is 0. The molecular weight excluding hydrogens is 220 g/mol. The number of nitrogens with one attached hydrogen (secondary N) is 1. The lowest BCUT2D eigenvalue weighted by molar-refractivity contribution is 0.267. The van der Waals surface area contributed by atoms with Gasteiger partial charge in [0.1, 0.15) is 0 Å². The minimum atomic E-state index is 0.616. The molecule has 0 aromatic carbocycles. The molecule has 2 nitrogen and oxygen atoms in total. The van der Waals surface area contributed by atoms with Gasteiger partial charge in [-0.15, -0.1) is 0 Å². The Balaban J connectivity index is 3.77. The van der Waals surface area contributed by atoms with Gasteiger partial charge in [-0.05, 0) is 33.4 Å². The average Bonchev–Trinajstić information content (AvgIpc) is 2.27. The summed E-state index contributed by atoms with van der Waals surface area (Å²) in [4.78, 5) is 2.28. The molecule has 2 atom stereocenters. The molecule has 0 aromatic heterocycles. The molecule has 2 heteroatoms. The van der Waals surface area contributed by atoms with E-state index in [1.165, 1.54) is 38.5 Å². The third-order valence-electron chi connectivity index (χ3n) is 3.61. The molecule has 18 heavy (non-hydrogen) atoms. The summed E-state index contributed by atoms with van der Waals surface area (Å²) in [6.07, 6.45) is 8.25. The van der Waals surface area contributed by atoms with E-state index in [1.54, 1.807) is 0 Å². The van der Waals surface area contributed by atoms with E-state index in [1.807, 2.05) is 0 Å². The fourth-order valence-corrected chi connectivity index (χ4v) is 2.35. The smallest absolute Gasteiger partial charge is 0.0220 e. The van der Waals surface area contributed by atoms with Crippen LogP contribution in [0.15, 0.2) is 0 Å². The third kappa shape index (κ3) is 9.90. The van der Waals surface area contributed by atoms with E-state index in [0.29, 0.717) is 18.0 Å². The highest BCUT2D eigenvalue weighted by atomic mass is 15.1. The number of hydrogen-bond donors (Lipinski definition) is 1. The molecule has 0 saturated heterocycles. The van der Waals surface area contributed by atoms with Crippen LogP contribution in [0.2, 0.25) is 0 Å². The van der Waals surface area contributed by atoms with Crippen LogP contribution in [0.3, 0.4) is 0 Å². The normalized spacial score (nSPS) is 15.3. The van der Waals surface area contributed by atoms with Crippen LogP contribution in [0.4, 0.5) is 0 Å². The van der Waals surface area contributed by atoms with Crippen molar-refractivity contribution in [3.05, 3.63) is 0 Å².